The van der Waals surface area contributed by atoms with Crippen molar-refractivity contribution in [1.29, 1.82) is 5.26 Å². The summed E-state index contributed by atoms with van der Waals surface area (Å²) in [5.74, 6) is -0.598. The van der Waals surface area contributed by atoms with Crippen LogP contribution in [0.3, 0.4) is 0 Å². The Bertz CT molecular complexity index is 1320. The van der Waals surface area contributed by atoms with Crippen LogP contribution in [0.25, 0.3) is 11.1 Å². The molecule has 2 amide bonds. The third kappa shape index (κ3) is 6.36. The van der Waals surface area contributed by atoms with Gasteiger partial charge < -0.3 is 20.3 Å². The molecule has 0 saturated carbocycles. The lowest BCUT2D eigenvalue weighted by Crippen LogP contribution is -2.51. The van der Waals surface area contributed by atoms with E-state index in [2.05, 4.69) is 16.7 Å². The van der Waals surface area contributed by atoms with E-state index in [1.807, 2.05) is 36.4 Å². The molecule has 2 atom stereocenters. The van der Waals surface area contributed by atoms with E-state index in [0.717, 1.165) is 11.1 Å². The highest BCUT2D eigenvalue weighted by atomic mass is 19.1. The number of ether oxygens (including phenoxy) is 1. The molecule has 1 aliphatic rings. The van der Waals surface area contributed by atoms with Gasteiger partial charge in [0.15, 0.2) is 11.6 Å². The first-order valence-electron chi connectivity index (χ1n) is 12.6. The molecule has 0 radical (unpaired) electrons. The van der Waals surface area contributed by atoms with Crippen LogP contribution in [0.15, 0.2) is 66.7 Å². The molecule has 196 valence electrons. The summed E-state index contributed by atoms with van der Waals surface area (Å²) in [5, 5.41) is 15.3. The van der Waals surface area contributed by atoms with Crippen molar-refractivity contribution in [3.8, 4) is 22.9 Å². The number of rotatable bonds is 8. The zero-order chi connectivity index (χ0) is 27.1. The van der Waals surface area contributed by atoms with E-state index in [9.17, 15) is 9.59 Å². The Labute approximate surface area is 222 Å². The van der Waals surface area contributed by atoms with Crippen LogP contribution in [-0.4, -0.2) is 49.5 Å². The van der Waals surface area contributed by atoms with E-state index in [-0.39, 0.29) is 36.1 Å². The molecule has 3 aromatic carbocycles. The van der Waals surface area contributed by atoms with Gasteiger partial charge in [-0.25, -0.2) is 4.39 Å². The van der Waals surface area contributed by atoms with E-state index >= 15 is 4.39 Å². The van der Waals surface area contributed by atoms with Gasteiger partial charge in [-0.1, -0.05) is 42.5 Å². The minimum atomic E-state index is -0.454. The van der Waals surface area contributed by atoms with Crippen molar-refractivity contribution in [3.63, 3.8) is 0 Å². The number of methoxy groups -OCH3 is 1. The molecule has 0 bridgehead atoms. The van der Waals surface area contributed by atoms with Crippen molar-refractivity contribution in [2.24, 2.45) is 0 Å². The van der Waals surface area contributed by atoms with Gasteiger partial charge in [-0.2, -0.15) is 5.26 Å². The fraction of sp³-hybridized carbons (Fsp3) is 0.300. The maximum Gasteiger partial charge on any atom is 0.241 e. The molecular formula is C30H31FN4O3. The van der Waals surface area contributed by atoms with Crippen molar-refractivity contribution in [3.05, 3.63) is 89.2 Å². The van der Waals surface area contributed by atoms with Crippen LogP contribution in [-0.2, 0) is 16.1 Å². The summed E-state index contributed by atoms with van der Waals surface area (Å²) in [7, 11) is 1.45. The van der Waals surface area contributed by atoms with Crippen molar-refractivity contribution in [2.45, 2.75) is 31.8 Å². The van der Waals surface area contributed by atoms with Gasteiger partial charge in [-0.15, -0.1) is 0 Å². The lowest BCUT2D eigenvalue weighted by Gasteiger charge is -2.39. The predicted molar refractivity (Wildman–Crippen MR) is 143 cm³/mol. The number of nitrogens with one attached hydrogen (secondary N) is 2. The standard InChI is InChI=1S/C30H31FN4O3/c1-20(36)33-18-29(37)35-13-12-28(26(19-35)23-6-4-3-5-7-23)34-17-25-14-24(15-27(31)30(25)38-2)22-10-8-21(16-32)9-11-22/h3-11,14-15,26,28,34H,12-13,17-19H2,1-2H3,(H,33,36). The van der Waals surface area contributed by atoms with Gasteiger partial charge in [0.1, 0.15) is 0 Å². The van der Waals surface area contributed by atoms with Gasteiger partial charge in [-0.3, -0.25) is 9.59 Å². The summed E-state index contributed by atoms with van der Waals surface area (Å²) in [6, 6.07) is 22.5. The zero-order valence-electron chi connectivity index (χ0n) is 21.5. The van der Waals surface area contributed by atoms with Crippen molar-refractivity contribution in [2.75, 3.05) is 26.7 Å². The molecule has 1 fully saturated rings. The summed E-state index contributed by atoms with van der Waals surface area (Å²) in [4.78, 5) is 25.8. The number of hydrogen-bond acceptors (Lipinski definition) is 5. The highest BCUT2D eigenvalue weighted by molar-refractivity contribution is 5.83. The highest BCUT2D eigenvalue weighted by Gasteiger charge is 2.32. The number of benzene rings is 3. The normalized spacial score (nSPS) is 16.9. The van der Waals surface area contributed by atoms with Crippen LogP contribution in [0.1, 0.15) is 36.0 Å². The number of amides is 2. The summed E-state index contributed by atoms with van der Waals surface area (Å²) in [5.41, 5.74) is 3.83. The zero-order valence-corrected chi connectivity index (χ0v) is 21.5. The molecule has 8 heteroatoms. The van der Waals surface area contributed by atoms with Crippen LogP contribution >= 0.6 is 0 Å². The Morgan fingerprint density at radius 2 is 1.84 bits per heavy atom. The quantitative estimate of drug-likeness (QED) is 0.474. The molecule has 0 spiro atoms. The Morgan fingerprint density at radius 3 is 2.50 bits per heavy atom. The Morgan fingerprint density at radius 1 is 1.11 bits per heavy atom. The second-order valence-electron chi connectivity index (χ2n) is 9.38. The van der Waals surface area contributed by atoms with Gasteiger partial charge in [0.2, 0.25) is 11.8 Å². The molecule has 1 saturated heterocycles. The molecule has 0 aliphatic carbocycles. The number of carbonyl (C=O) groups excluding carboxylic acids is 2. The molecule has 1 heterocycles. The first-order chi connectivity index (χ1) is 18.4. The van der Waals surface area contributed by atoms with E-state index < -0.39 is 5.82 Å². The summed E-state index contributed by atoms with van der Waals surface area (Å²) in [6.07, 6.45) is 0.700. The molecule has 7 nitrogen and oxygen atoms in total. The van der Waals surface area contributed by atoms with Crippen LogP contribution < -0.4 is 15.4 Å². The van der Waals surface area contributed by atoms with E-state index in [0.29, 0.717) is 42.7 Å². The van der Waals surface area contributed by atoms with Crippen molar-refractivity contribution in [1.82, 2.24) is 15.5 Å². The second-order valence-corrected chi connectivity index (χ2v) is 9.38. The fourth-order valence-electron chi connectivity index (χ4n) is 4.93. The number of hydrogen-bond donors (Lipinski definition) is 2. The first-order valence-corrected chi connectivity index (χ1v) is 12.6. The molecule has 0 aromatic heterocycles. The van der Waals surface area contributed by atoms with E-state index in [4.69, 9.17) is 10.00 Å². The number of piperidine rings is 1. The Kier molecular flexibility index (Phi) is 8.72. The summed E-state index contributed by atoms with van der Waals surface area (Å²) in [6.45, 7) is 2.81. The monoisotopic (exact) mass is 514 g/mol. The maximum absolute atomic E-state index is 15.0. The average molecular weight is 515 g/mol. The average Bonchev–Trinajstić information content (AvgIpc) is 2.95. The van der Waals surface area contributed by atoms with Gasteiger partial charge in [-0.05, 0) is 47.4 Å². The van der Waals surface area contributed by atoms with Gasteiger partial charge in [0.25, 0.3) is 0 Å². The minimum absolute atomic E-state index is 0.0174. The third-order valence-electron chi connectivity index (χ3n) is 6.91. The van der Waals surface area contributed by atoms with Crippen LogP contribution in [0.4, 0.5) is 4.39 Å². The number of carbonyl (C=O) groups is 2. The van der Waals surface area contributed by atoms with E-state index in [1.165, 1.54) is 20.1 Å². The van der Waals surface area contributed by atoms with Crippen molar-refractivity contribution >= 4 is 11.8 Å². The number of halogens is 1. The van der Waals surface area contributed by atoms with Crippen LogP contribution in [0.5, 0.6) is 5.75 Å². The largest absolute Gasteiger partial charge is 0.493 e. The molecule has 4 rings (SSSR count). The summed E-state index contributed by atoms with van der Waals surface area (Å²) >= 11 is 0. The fourth-order valence-corrected chi connectivity index (χ4v) is 4.93. The molecule has 2 N–H and O–H groups in total. The SMILES string of the molecule is COc1c(F)cc(-c2ccc(C#N)cc2)cc1CNC1CCN(C(=O)CNC(C)=O)CC1c1ccccc1. The highest BCUT2D eigenvalue weighted by Crippen LogP contribution is 2.32. The topological polar surface area (TPSA) is 94.5 Å². The Balaban J connectivity index is 1.55. The molecule has 3 aromatic rings. The minimum Gasteiger partial charge on any atom is -0.493 e. The van der Waals surface area contributed by atoms with E-state index in [1.54, 1.807) is 29.2 Å². The molecule has 1 aliphatic heterocycles. The lowest BCUT2D eigenvalue weighted by molar-refractivity contribution is -0.133. The summed E-state index contributed by atoms with van der Waals surface area (Å²) < 4.78 is 20.4. The molecule has 38 heavy (non-hydrogen) atoms. The molecule has 2 unspecified atom stereocenters. The first kappa shape index (κ1) is 26.8. The van der Waals surface area contributed by atoms with Crippen molar-refractivity contribution < 1.29 is 18.7 Å². The number of nitriles is 1. The predicted octanol–water partition coefficient (Wildman–Crippen LogP) is 3.98. The lowest BCUT2D eigenvalue weighted by atomic mass is 9.85. The molecular weight excluding hydrogens is 483 g/mol. The maximum atomic E-state index is 15.0. The second kappa shape index (κ2) is 12.3. The van der Waals surface area contributed by atoms with Gasteiger partial charge in [0.05, 0.1) is 25.3 Å². The van der Waals surface area contributed by atoms with Crippen LogP contribution in [0, 0.1) is 17.1 Å². The van der Waals surface area contributed by atoms with Gasteiger partial charge in [0, 0.05) is 44.1 Å². The van der Waals surface area contributed by atoms with Gasteiger partial charge >= 0.3 is 0 Å². The number of likely N-dealkylation sites (tertiary alicyclic amines) is 1. The van der Waals surface area contributed by atoms with Crippen LogP contribution in [0.2, 0.25) is 0 Å². The smallest absolute Gasteiger partial charge is 0.241 e. The third-order valence-corrected chi connectivity index (χ3v) is 6.91. The number of nitrogens with zero attached hydrogens (tertiary/aromatic N) is 2. The Hall–Kier alpha value is -4.22.